The Morgan fingerprint density at radius 1 is 1.38 bits per heavy atom. The lowest BCUT2D eigenvalue weighted by Gasteiger charge is -2.39. The average Bonchev–Trinajstić information content (AvgIpc) is 2.48. The van der Waals surface area contributed by atoms with Crippen molar-refractivity contribution in [2.45, 2.75) is 52.7 Å². The van der Waals surface area contributed by atoms with Crippen molar-refractivity contribution in [2.75, 3.05) is 19.6 Å². The minimum Gasteiger partial charge on any atom is -0.506 e. The number of amides is 1. The summed E-state index contributed by atoms with van der Waals surface area (Å²) < 4.78 is 5.44. The topological polar surface area (TPSA) is 74.7 Å². The number of aromatic hydroxyl groups is 1. The maximum atomic E-state index is 12.1. The van der Waals surface area contributed by atoms with Gasteiger partial charge in [0.25, 0.3) is 0 Å². The molecule has 134 valence electrons. The van der Waals surface area contributed by atoms with Crippen molar-refractivity contribution >= 4 is 6.09 Å². The highest BCUT2D eigenvalue weighted by Crippen LogP contribution is 2.30. The maximum absolute atomic E-state index is 12.1. The molecule has 0 aromatic carbocycles. The second-order valence-corrected chi connectivity index (χ2v) is 7.89. The van der Waals surface area contributed by atoms with E-state index in [2.05, 4.69) is 17.2 Å². The lowest BCUT2D eigenvalue weighted by molar-refractivity contribution is 0.0119. The molecule has 0 saturated carbocycles. The Morgan fingerprint density at radius 2 is 2.04 bits per heavy atom. The van der Waals surface area contributed by atoms with Gasteiger partial charge in [0.15, 0.2) is 0 Å². The first-order valence-electron chi connectivity index (χ1n) is 8.49. The van der Waals surface area contributed by atoms with Crippen LogP contribution in [0.2, 0.25) is 0 Å². The number of ether oxygens (including phenoxy) is 1. The number of likely N-dealkylation sites (tertiary alicyclic amines) is 1. The van der Waals surface area contributed by atoms with Gasteiger partial charge in [0, 0.05) is 26.2 Å². The molecule has 0 aliphatic carbocycles. The minimum absolute atomic E-state index is 0.162. The smallest absolute Gasteiger partial charge is 0.410 e. The summed E-state index contributed by atoms with van der Waals surface area (Å²) >= 11 is 0. The predicted octanol–water partition coefficient (Wildman–Crippen LogP) is 2.91. The van der Waals surface area contributed by atoms with Crippen LogP contribution in [0.1, 0.15) is 46.2 Å². The van der Waals surface area contributed by atoms with Gasteiger partial charge in [-0.3, -0.25) is 4.98 Å². The Balaban J connectivity index is 1.75. The second-order valence-electron chi connectivity index (χ2n) is 7.89. The van der Waals surface area contributed by atoms with Crippen LogP contribution in [0.15, 0.2) is 18.3 Å². The second kappa shape index (κ2) is 7.38. The van der Waals surface area contributed by atoms with Crippen molar-refractivity contribution in [1.82, 2.24) is 15.2 Å². The fourth-order valence-electron chi connectivity index (χ4n) is 2.75. The summed E-state index contributed by atoms with van der Waals surface area (Å²) in [6, 6.07) is 3.46. The SMILES string of the molecule is CC1(CNCc2ccc(O)cn2)CCN(C(=O)OC(C)(C)C)CC1. The van der Waals surface area contributed by atoms with Gasteiger partial charge >= 0.3 is 6.09 Å². The quantitative estimate of drug-likeness (QED) is 0.885. The third kappa shape index (κ3) is 5.67. The van der Waals surface area contributed by atoms with Gasteiger partial charge in [-0.25, -0.2) is 4.79 Å². The minimum atomic E-state index is -0.448. The number of carbonyl (C=O) groups excluding carboxylic acids is 1. The van der Waals surface area contributed by atoms with Crippen LogP contribution in [0.4, 0.5) is 4.79 Å². The number of hydrogen-bond donors (Lipinski definition) is 2. The van der Waals surface area contributed by atoms with Crippen molar-refractivity contribution in [3.05, 3.63) is 24.0 Å². The molecule has 0 unspecified atom stereocenters. The molecule has 6 nitrogen and oxygen atoms in total. The molecular formula is C18H29N3O3. The average molecular weight is 335 g/mol. The van der Waals surface area contributed by atoms with Crippen molar-refractivity contribution in [2.24, 2.45) is 5.41 Å². The molecule has 1 fully saturated rings. The maximum Gasteiger partial charge on any atom is 0.410 e. The van der Waals surface area contributed by atoms with Gasteiger partial charge in [-0.15, -0.1) is 0 Å². The third-order valence-electron chi connectivity index (χ3n) is 4.29. The van der Waals surface area contributed by atoms with E-state index in [0.29, 0.717) is 6.54 Å². The molecule has 24 heavy (non-hydrogen) atoms. The van der Waals surface area contributed by atoms with Crippen LogP contribution in [-0.2, 0) is 11.3 Å². The van der Waals surface area contributed by atoms with E-state index < -0.39 is 5.60 Å². The number of nitrogens with one attached hydrogen (secondary N) is 1. The Hall–Kier alpha value is -1.82. The first-order chi connectivity index (χ1) is 11.2. The standard InChI is InChI=1S/C18H29N3O3/c1-17(2,3)24-16(23)21-9-7-18(4,8-10-21)13-19-11-14-5-6-15(22)12-20-14/h5-6,12,19,22H,7-11,13H2,1-4H3. The van der Waals surface area contributed by atoms with Crippen LogP contribution >= 0.6 is 0 Å². The zero-order chi connectivity index (χ0) is 17.8. The van der Waals surface area contributed by atoms with Gasteiger partial charge in [0.2, 0.25) is 0 Å². The highest BCUT2D eigenvalue weighted by molar-refractivity contribution is 5.68. The molecule has 0 radical (unpaired) electrons. The predicted molar refractivity (Wildman–Crippen MR) is 92.8 cm³/mol. The van der Waals surface area contributed by atoms with Crippen LogP contribution < -0.4 is 5.32 Å². The molecule has 2 rings (SSSR count). The number of carbonyl (C=O) groups is 1. The lowest BCUT2D eigenvalue weighted by atomic mass is 9.80. The molecule has 0 bridgehead atoms. The first-order valence-corrected chi connectivity index (χ1v) is 8.49. The molecule has 1 aromatic rings. The highest BCUT2D eigenvalue weighted by atomic mass is 16.6. The van der Waals surface area contributed by atoms with E-state index in [-0.39, 0.29) is 17.3 Å². The molecule has 1 aromatic heterocycles. The molecular weight excluding hydrogens is 306 g/mol. The number of nitrogens with zero attached hydrogens (tertiary/aromatic N) is 2. The third-order valence-corrected chi connectivity index (χ3v) is 4.29. The van der Waals surface area contributed by atoms with Crippen LogP contribution in [0, 0.1) is 5.41 Å². The number of aromatic nitrogens is 1. The number of pyridine rings is 1. The summed E-state index contributed by atoms with van der Waals surface area (Å²) in [6.45, 7) is 10.9. The van der Waals surface area contributed by atoms with E-state index in [1.54, 1.807) is 11.0 Å². The fraction of sp³-hybridized carbons (Fsp3) is 0.667. The van der Waals surface area contributed by atoms with E-state index in [1.807, 2.05) is 26.8 Å². The molecule has 6 heteroatoms. The van der Waals surface area contributed by atoms with Crippen LogP contribution in [0.5, 0.6) is 5.75 Å². The van der Waals surface area contributed by atoms with Crippen LogP contribution in [0.25, 0.3) is 0 Å². The van der Waals surface area contributed by atoms with Gasteiger partial charge in [0.05, 0.1) is 11.9 Å². The monoisotopic (exact) mass is 335 g/mol. The zero-order valence-electron chi connectivity index (χ0n) is 15.1. The summed E-state index contributed by atoms with van der Waals surface area (Å²) in [5.74, 6) is 0.181. The van der Waals surface area contributed by atoms with E-state index in [4.69, 9.17) is 4.74 Å². The Kier molecular flexibility index (Phi) is 5.70. The highest BCUT2D eigenvalue weighted by Gasteiger charge is 2.33. The molecule has 1 aliphatic rings. The van der Waals surface area contributed by atoms with Crippen molar-refractivity contribution in [3.63, 3.8) is 0 Å². The fourth-order valence-corrected chi connectivity index (χ4v) is 2.75. The van der Waals surface area contributed by atoms with Crippen molar-refractivity contribution in [3.8, 4) is 5.75 Å². The zero-order valence-corrected chi connectivity index (χ0v) is 15.1. The summed E-state index contributed by atoms with van der Waals surface area (Å²) in [7, 11) is 0. The summed E-state index contributed by atoms with van der Waals surface area (Å²) in [4.78, 5) is 18.1. The Labute approximate surface area is 144 Å². The number of piperidine rings is 1. The van der Waals surface area contributed by atoms with Gasteiger partial charge in [-0.05, 0) is 51.2 Å². The molecule has 1 amide bonds. The number of hydrogen-bond acceptors (Lipinski definition) is 5. The van der Waals surface area contributed by atoms with Crippen molar-refractivity contribution < 1.29 is 14.6 Å². The Bertz CT molecular complexity index is 544. The Morgan fingerprint density at radius 3 is 2.58 bits per heavy atom. The molecule has 0 spiro atoms. The van der Waals surface area contributed by atoms with Crippen LogP contribution in [0.3, 0.4) is 0 Å². The summed E-state index contributed by atoms with van der Waals surface area (Å²) in [5, 5.41) is 12.7. The van der Waals surface area contributed by atoms with E-state index in [0.717, 1.165) is 38.2 Å². The molecule has 2 N–H and O–H groups in total. The van der Waals surface area contributed by atoms with E-state index in [1.165, 1.54) is 6.20 Å². The molecule has 1 aliphatic heterocycles. The van der Waals surface area contributed by atoms with Gasteiger partial charge < -0.3 is 20.1 Å². The first kappa shape index (κ1) is 18.5. The summed E-state index contributed by atoms with van der Waals surface area (Å²) in [5.41, 5.74) is 0.619. The van der Waals surface area contributed by atoms with Gasteiger partial charge in [-0.1, -0.05) is 6.92 Å². The largest absolute Gasteiger partial charge is 0.506 e. The van der Waals surface area contributed by atoms with Crippen LogP contribution in [-0.4, -0.2) is 46.3 Å². The normalized spacial score (nSPS) is 17.6. The van der Waals surface area contributed by atoms with Crippen molar-refractivity contribution in [1.29, 1.82) is 0 Å². The lowest BCUT2D eigenvalue weighted by Crippen LogP contribution is -2.47. The van der Waals surface area contributed by atoms with Gasteiger partial charge in [-0.2, -0.15) is 0 Å². The van der Waals surface area contributed by atoms with E-state index >= 15 is 0 Å². The number of rotatable bonds is 4. The molecule has 2 heterocycles. The molecule has 0 atom stereocenters. The van der Waals surface area contributed by atoms with E-state index in [9.17, 15) is 9.90 Å². The van der Waals surface area contributed by atoms with Gasteiger partial charge in [0.1, 0.15) is 11.4 Å². The molecule has 1 saturated heterocycles. The summed E-state index contributed by atoms with van der Waals surface area (Å²) in [6.07, 6.45) is 3.13.